The van der Waals surface area contributed by atoms with Gasteiger partial charge in [-0.1, -0.05) is 13.0 Å². The SMILES string of the molecule is CC12CC34C=CC(=O)[C@@](C)(CCC(=O)Nc5c(O)ccc(C(=O)O)c5O)C3C(CC1C4)O2. The molecule has 1 amide bonds. The van der Waals surface area contributed by atoms with Gasteiger partial charge in [0.25, 0.3) is 0 Å². The Bertz CT molecular complexity index is 1080. The number of aromatic hydroxyl groups is 2. The van der Waals surface area contributed by atoms with Gasteiger partial charge in [0.05, 0.1) is 11.7 Å². The molecule has 0 radical (unpaired) electrons. The van der Waals surface area contributed by atoms with Crippen LogP contribution in [0.4, 0.5) is 5.69 Å². The Balaban J connectivity index is 1.36. The average molecular weight is 441 g/mol. The first-order valence-electron chi connectivity index (χ1n) is 11.0. The number of nitrogens with one attached hydrogen (secondary N) is 1. The number of ketones is 1. The van der Waals surface area contributed by atoms with Crippen LogP contribution in [0, 0.1) is 22.7 Å². The highest BCUT2D eigenvalue weighted by Gasteiger charge is 2.71. The van der Waals surface area contributed by atoms with E-state index in [9.17, 15) is 24.6 Å². The number of benzene rings is 1. The quantitative estimate of drug-likeness (QED) is 0.516. The zero-order valence-corrected chi connectivity index (χ0v) is 18.1. The first-order valence-corrected chi connectivity index (χ1v) is 11.0. The van der Waals surface area contributed by atoms with Crippen molar-refractivity contribution in [1.82, 2.24) is 0 Å². The van der Waals surface area contributed by atoms with Crippen LogP contribution >= 0.6 is 0 Å². The van der Waals surface area contributed by atoms with Gasteiger partial charge in [0.15, 0.2) is 11.5 Å². The molecule has 1 aromatic carbocycles. The lowest BCUT2D eigenvalue weighted by Crippen LogP contribution is -2.56. The van der Waals surface area contributed by atoms with Crippen molar-refractivity contribution in [2.24, 2.45) is 22.7 Å². The topological polar surface area (TPSA) is 133 Å². The molecule has 2 heterocycles. The predicted octanol–water partition coefficient (Wildman–Crippen LogP) is 3.23. The van der Waals surface area contributed by atoms with Crippen LogP contribution in [0.15, 0.2) is 24.3 Å². The first-order chi connectivity index (χ1) is 15.0. The standard InChI is InChI=1S/C24H27NO7/c1-22(7-6-17(28)25-18-14(26)4-3-13(19(18)29)21(30)31)16(27)5-8-24-10-12-9-15(20(22)24)32-23(12,2)11-24/h3-5,8,12,15,20,26,29H,6-7,9-11H2,1-2H3,(H,25,28)(H,30,31)/t12?,15?,20?,22-,23?,24?/m1/s1. The highest BCUT2D eigenvalue weighted by atomic mass is 16.5. The Hall–Kier alpha value is -2.87. The number of carbonyl (C=O) groups excluding carboxylic acids is 2. The van der Waals surface area contributed by atoms with Crippen LogP contribution in [0.25, 0.3) is 0 Å². The number of amides is 1. The highest BCUT2D eigenvalue weighted by molar-refractivity contribution is 6.00. The monoisotopic (exact) mass is 441 g/mol. The molecule has 6 rings (SSSR count). The summed E-state index contributed by atoms with van der Waals surface area (Å²) in [4.78, 5) is 37.0. The molecule has 2 aliphatic heterocycles. The van der Waals surface area contributed by atoms with E-state index < -0.39 is 34.4 Å². The molecule has 2 saturated carbocycles. The van der Waals surface area contributed by atoms with Crippen LogP contribution in [-0.2, 0) is 14.3 Å². The number of aromatic carboxylic acids is 1. The smallest absolute Gasteiger partial charge is 0.339 e. The Morgan fingerprint density at radius 1 is 1.25 bits per heavy atom. The lowest BCUT2D eigenvalue weighted by Gasteiger charge is -2.55. The van der Waals surface area contributed by atoms with E-state index in [-0.39, 0.29) is 47.4 Å². The van der Waals surface area contributed by atoms with Crippen LogP contribution in [0.2, 0.25) is 0 Å². The van der Waals surface area contributed by atoms with Crippen LogP contribution in [0.5, 0.6) is 11.5 Å². The molecular formula is C24H27NO7. The third-order valence-electron chi connectivity index (χ3n) is 8.44. The lowest BCUT2D eigenvalue weighted by molar-refractivity contribution is -0.169. The maximum atomic E-state index is 13.1. The summed E-state index contributed by atoms with van der Waals surface area (Å²) < 4.78 is 6.41. The van der Waals surface area contributed by atoms with E-state index in [4.69, 9.17) is 9.84 Å². The zero-order valence-electron chi connectivity index (χ0n) is 18.1. The summed E-state index contributed by atoms with van der Waals surface area (Å²) in [5.41, 5.74) is -1.75. The van der Waals surface area contributed by atoms with Crippen LogP contribution in [0.1, 0.15) is 56.3 Å². The molecular weight excluding hydrogens is 414 g/mol. The van der Waals surface area contributed by atoms with Gasteiger partial charge in [-0.05, 0) is 62.1 Å². The largest absolute Gasteiger partial charge is 0.506 e. The van der Waals surface area contributed by atoms with E-state index >= 15 is 0 Å². The number of rotatable bonds is 5. The molecule has 5 unspecified atom stereocenters. The lowest BCUT2D eigenvalue weighted by atomic mass is 9.51. The molecule has 1 aromatic rings. The van der Waals surface area contributed by atoms with E-state index in [1.807, 2.05) is 6.92 Å². The molecule has 6 atom stereocenters. The number of anilines is 1. The maximum Gasteiger partial charge on any atom is 0.339 e. The van der Waals surface area contributed by atoms with Gasteiger partial charge in [0.1, 0.15) is 17.0 Å². The molecule has 170 valence electrons. The van der Waals surface area contributed by atoms with E-state index in [0.29, 0.717) is 5.92 Å². The van der Waals surface area contributed by atoms with Gasteiger partial charge < -0.3 is 25.4 Å². The minimum absolute atomic E-state index is 0.00395. The second kappa shape index (κ2) is 6.57. The van der Waals surface area contributed by atoms with E-state index in [2.05, 4.69) is 18.3 Å². The normalized spacial score (nSPS) is 38.7. The fraction of sp³-hybridized carbons (Fsp3) is 0.542. The highest BCUT2D eigenvalue weighted by Crippen LogP contribution is 2.71. The Morgan fingerprint density at radius 3 is 2.69 bits per heavy atom. The van der Waals surface area contributed by atoms with Crippen molar-refractivity contribution < 1.29 is 34.4 Å². The van der Waals surface area contributed by atoms with Crippen molar-refractivity contribution in [3.8, 4) is 11.5 Å². The minimum Gasteiger partial charge on any atom is -0.506 e. The van der Waals surface area contributed by atoms with Crippen LogP contribution in [-0.4, -0.2) is 44.7 Å². The summed E-state index contributed by atoms with van der Waals surface area (Å²) >= 11 is 0. The molecule has 8 nitrogen and oxygen atoms in total. The summed E-state index contributed by atoms with van der Waals surface area (Å²) in [5.74, 6) is -2.55. The van der Waals surface area contributed by atoms with Crippen molar-refractivity contribution in [2.45, 2.75) is 57.7 Å². The van der Waals surface area contributed by atoms with Gasteiger partial charge in [0, 0.05) is 17.8 Å². The molecule has 5 aliphatic rings. The van der Waals surface area contributed by atoms with Gasteiger partial charge in [0.2, 0.25) is 5.91 Å². The van der Waals surface area contributed by atoms with Crippen molar-refractivity contribution >= 4 is 23.3 Å². The van der Waals surface area contributed by atoms with Gasteiger partial charge in [-0.15, -0.1) is 0 Å². The molecule has 2 saturated heterocycles. The molecule has 3 aliphatic carbocycles. The Labute approximate surface area is 185 Å². The minimum atomic E-state index is -1.38. The number of phenols is 2. The third-order valence-corrected chi connectivity index (χ3v) is 8.44. The number of ether oxygens (including phenoxy) is 1. The number of phenolic OH excluding ortho intramolecular Hbond substituents is 1. The number of allylic oxidation sites excluding steroid dienone is 2. The average Bonchev–Trinajstić information content (AvgIpc) is 3.08. The maximum absolute atomic E-state index is 13.1. The van der Waals surface area contributed by atoms with Crippen LogP contribution in [0.3, 0.4) is 0 Å². The second-order valence-corrected chi connectivity index (χ2v) is 10.3. The Morgan fingerprint density at radius 2 is 2.00 bits per heavy atom. The van der Waals surface area contributed by atoms with Crippen molar-refractivity contribution in [3.63, 3.8) is 0 Å². The van der Waals surface area contributed by atoms with Crippen LogP contribution < -0.4 is 5.32 Å². The summed E-state index contributed by atoms with van der Waals surface area (Å²) in [7, 11) is 0. The third kappa shape index (κ3) is 2.75. The number of carboxylic acids is 1. The van der Waals surface area contributed by atoms with Crippen molar-refractivity contribution in [3.05, 3.63) is 29.8 Å². The van der Waals surface area contributed by atoms with Crippen molar-refractivity contribution in [1.29, 1.82) is 0 Å². The summed E-state index contributed by atoms with van der Waals surface area (Å²) in [5, 5.41) is 31.7. The van der Waals surface area contributed by atoms with Gasteiger partial charge in [-0.2, -0.15) is 0 Å². The molecule has 8 heteroatoms. The molecule has 4 fully saturated rings. The van der Waals surface area contributed by atoms with E-state index in [1.54, 1.807) is 6.08 Å². The molecule has 4 N–H and O–H groups in total. The fourth-order valence-electron chi connectivity index (χ4n) is 7.09. The number of hydrogen-bond acceptors (Lipinski definition) is 6. The Kier molecular flexibility index (Phi) is 4.31. The predicted molar refractivity (Wildman–Crippen MR) is 113 cm³/mol. The second-order valence-electron chi connectivity index (χ2n) is 10.3. The number of hydrogen-bond donors (Lipinski definition) is 4. The number of carboxylic acid groups (broad SMARTS) is 1. The summed E-state index contributed by atoms with van der Waals surface area (Å²) in [6, 6.07) is 2.16. The van der Waals surface area contributed by atoms with Gasteiger partial charge in [-0.25, -0.2) is 4.79 Å². The van der Waals surface area contributed by atoms with Gasteiger partial charge in [-0.3, -0.25) is 9.59 Å². The van der Waals surface area contributed by atoms with Crippen molar-refractivity contribution in [2.75, 3.05) is 5.32 Å². The molecule has 1 spiro atoms. The summed E-state index contributed by atoms with van der Waals surface area (Å²) in [6.07, 6.45) is 6.86. The van der Waals surface area contributed by atoms with Gasteiger partial charge >= 0.3 is 5.97 Å². The number of carbonyl (C=O) groups is 3. The van der Waals surface area contributed by atoms with E-state index in [1.165, 1.54) is 0 Å². The molecule has 0 aromatic heterocycles. The first kappa shape index (κ1) is 21.0. The van der Waals surface area contributed by atoms with E-state index in [0.717, 1.165) is 31.4 Å². The fourth-order valence-corrected chi connectivity index (χ4v) is 7.09. The molecule has 4 bridgehead atoms. The summed E-state index contributed by atoms with van der Waals surface area (Å²) in [6.45, 7) is 4.08. The molecule has 32 heavy (non-hydrogen) atoms. The zero-order chi connectivity index (χ0) is 23.1.